The Morgan fingerprint density at radius 2 is 1.87 bits per heavy atom. The fourth-order valence-corrected chi connectivity index (χ4v) is 3.20. The van der Waals surface area contributed by atoms with Crippen molar-refractivity contribution in [1.82, 2.24) is 10.2 Å². The van der Waals surface area contributed by atoms with Gasteiger partial charge in [-0.05, 0) is 35.9 Å². The molecule has 1 aromatic heterocycles. The lowest BCUT2D eigenvalue weighted by atomic mass is 10.1. The van der Waals surface area contributed by atoms with E-state index in [0.29, 0.717) is 0 Å². The number of ether oxygens (including phenoxy) is 1. The molecule has 0 saturated heterocycles. The SMILES string of the molecule is COc1cccc(-c2ccc(SCc3ccccc3Cl)nn2)c1. The Morgan fingerprint density at radius 1 is 1.00 bits per heavy atom. The van der Waals surface area contributed by atoms with E-state index in [0.717, 1.165) is 38.4 Å². The molecule has 0 N–H and O–H groups in total. The molecule has 0 aliphatic carbocycles. The normalized spacial score (nSPS) is 10.5. The number of hydrogen-bond acceptors (Lipinski definition) is 4. The summed E-state index contributed by atoms with van der Waals surface area (Å²) in [6.45, 7) is 0. The Hall–Kier alpha value is -2.04. The van der Waals surface area contributed by atoms with Gasteiger partial charge in [0.15, 0.2) is 0 Å². The minimum absolute atomic E-state index is 0.771. The quantitative estimate of drug-likeness (QED) is 0.604. The van der Waals surface area contributed by atoms with E-state index in [-0.39, 0.29) is 0 Å². The van der Waals surface area contributed by atoms with E-state index in [9.17, 15) is 0 Å². The number of methoxy groups -OCH3 is 1. The predicted octanol–water partition coefficient (Wildman–Crippen LogP) is 5.10. The first-order chi connectivity index (χ1) is 11.3. The molecule has 0 bridgehead atoms. The molecule has 1 heterocycles. The molecule has 0 unspecified atom stereocenters. The Balaban J connectivity index is 1.71. The highest BCUT2D eigenvalue weighted by Gasteiger charge is 2.05. The number of aromatic nitrogens is 2. The zero-order valence-corrected chi connectivity index (χ0v) is 14.1. The molecule has 3 aromatic rings. The number of halogens is 1. The highest BCUT2D eigenvalue weighted by atomic mass is 35.5. The molecule has 0 radical (unpaired) electrons. The van der Waals surface area contributed by atoms with E-state index >= 15 is 0 Å². The van der Waals surface area contributed by atoms with Crippen LogP contribution in [0.1, 0.15) is 5.56 Å². The van der Waals surface area contributed by atoms with Gasteiger partial charge in [0.1, 0.15) is 10.8 Å². The lowest BCUT2D eigenvalue weighted by Gasteiger charge is -2.05. The topological polar surface area (TPSA) is 35.0 Å². The van der Waals surface area contributed by atoms with Crippen LogP contribution in [0.5, 0.6) is 5.75 Å². The summed E-state index contributed by atoms with van der Waals surface area (Å²) in [7, 11) is 1.65. The summed E-state index contributed by atoms with van der Waals surface area (Å²) in [5.74, 6) is 1.58. The molecule has 0 spiro atoms. The molecule has 0 atom stereocenters. The zero-order chi connectivity index (χ0) is 16.1. The van der Waals surface area contributed by atoms with Crippen LogP contribution in [0.25, 0.3) is 11.3 Å². The average Bonchev–Trinajstić information content (AvgIpc) is 2.61. The fraction of sp³-hybridized carbons (Fsp3) is 0.111. The van der Waals surface area contributed by atoms with Crippen molar-refractivity contribution in [3.63, 3.8) is 0 Å². The Labute approximate surface area is 144 Å². The first kappa shape index (κ1) is 15.8. The van der Waals surface area contributed by atoms with Gasteiger partial charge in [0, 0.05) is 16.3 Å². The molecular formula is C18H15ClN2OS. The fourth-order valence-electron chi connectivity index (χ4n) is 2.10. The molecule has 23 heavy (non-hydrogen) atoms. The number of hydrogen-bond donors (Lipinski definition) is 0. The van der Waals surface area contributed by atoms with Gasteiger partial charge in [-0.1, -0.05) is 53.7 Å². The highest BCUT2D eigenvalue weighted by molar-refractivity contribution is 7.98. The van der Waals surface area contributed by atoms with Gasteiger partial charge < -0.3 is 4.74 Å². The highest BCUT2D eigenvalue weighted by Crippen LogP contribution is 2.27. The summed E-state index contributed by atoms with van der Waals surface area (Å²) < 4.78 is 5.23. The van der Waals surface area contributed by atoms with Gasteiger partial charge in [0.2, 0.25) is 0 Å². The van der Waals surface area contributed by atoms with E-state index in [1.807, 2.05) is 60.7 Å². The van der Waals surface area contributed by atoms with Crippen molar-refractivity contribution in [1.29, 1.82) is 0 Å². The maximum Gasteiger partial charge on any atom is 0.119 e. The minimum Gasteiger partial charge on any atom is -0.497 e. The van der Waals surface area contributed by atoms with Gasteiger partial charge in [-0.25, -0.2) is 0 Å². The van der Waals surface area contributed by atoms with E-state index in [1.54, 1.807) is 18.9 Å². The molecule has 3 rings (SSSR count). The number of rotatable bonds is 5. The largest absolute Gasteiger partial charge is 0.497 e. The molecular weight excluding hydrogens is 328 g/mol. The second kappa shape index (κ2) is 7.49. The van der Waals surface area contributed by atoms with Crippen LogP contribution in [0, 0.1) is 0 Å². The molecule has 116 valence electrons. The summed E-state index contributed by atoms with van der Waals surface area (Å²) in [5.41, 5.74) is 2.91. The van der Waals surface area contributed by atoms with Gasteiger partial charge in [-0.2, -0.15) is 0 Å². The van der Waals surface area contributed by atoms with Gasteiger partial charge >= 0.3 is 0 Å². The number of thioether (sulfide) groups is 1. The van der Waals surface area contributed by atoms with Crippen LogP contribution >= 0.6 is 23.4 Å². The van der Waals surface area contributed by atoms with Gasteiger partial charge in [0.25, 0.3) is 0 Å². The van der Waals surface area contributed by atoms with Crippen LogP contribution in [-0.2, 0) is 5.75 Å². The molecule has 2 aromatic carbocycles. The predicted molar refractivity (Wildman–Crippen MR) is 95.0 cm³/mol. The smallest absolute Gasteiger partial charge is 0.119 e. The summed E-state index contributed by atoms with van der Waals surface area (Å²) in [6.07, 6.45) is 0. The van der Waals surface area contributed by atoms with Crippen LogP contribution in [0.4, 0.5) is 0 Å². The monoisotopic (exact) mass is 342 g/mol. The van der Waals surface area contributed by atoms with Crippen molar-refractivity contribution < 1.29 is 4.74 Å². The zero-order valence-electron chi connectivity index (χ0n) is 12.6. The van der Waals surface area contributed by atoms with Crippen molar-refractivity contribution in [2.45, 2.75) is 10.8 Å². The Kier molecular flexibility index (Phi) is 5.16. The molecule has 0 saturated carbocycles. The first-order valence-corrected chi connectivity index (χ1v) is 8.47. The van der Waals surface area contributed by atoms with Crippen LogP contribution in [-0.4, -0.2) is 17.3 Å². The molecule has 5 heteroatoms. The van der Waals surface area contributed by atoms with Crippen molar-refractivity contribution in [3.8, 4) is 17.0 Å². The maximum atomic E-state index is 6.16. The van der Waals surface area contributed by atoms with Gasteiger partial charge in [0.05, 0.1) is 12.8 Å². The third-order valence-electron chi connectivity index (χ3n) is 3.34. The molecule has 0 aliphatic rings. The second-order valence-corrected chi connectivity index (χ2v) is 6.27. The lowest BCUT2D eigenvalue weighted by Crippen LogP contribution is -1.91. The molecule has 0 amide bonds. The van der Waals surface area contributed by atoms with E-state index in [4.69, 9.17) is 16.3 Å². The summed E-state index contributed by atoms with van der Waals surface area (Å²) in [6, 6.07) is 19.6. The van der Waals surface area contributed by atoms with E-state index in [1.165, 1.54) is 0 Å². The maximum absolute atomic E-state index is 6.16. The number of benzene rings is 2. The van der Waals surface area contributed by atoms with Gasteiger partial charge in [-0.15, -0.1) is 10.2 Å². The molecule has 0 fully saturated rings. The summed E-state index contributed by atoms with van der Waals surface area (Å²) in [5, 5.41) is 10.2. The van der Waals surface area contributed by atoms with Crippen molar-refractivity contribution in [3.05, 3.63) is 71.2 Å². The molecule has 3 nitrogen and oxygen atoms in total. The minimum atomic E-state index is 0.771. The summed E-state index contributed by atoms with van der Waals surface area (Å²) >= 11 is 7.78. The first-order valence-electron chi connectivity index (χ1n) is 7.10. The van der Waals surface area contributed by atoms with Crippen molar-refractivity contribution >= 4 is 23.4 Å². The standard InChI is InChI=1S/C18H15ClN2OS/c1-22-15-7-4-6-13(11-15)17-9-10-18(21-20-17)23-12-14-5-2-3-8-16(14)19/h2-11H,12H2,1H3. The third-order valence-corrected chi connectivity index (χ3v) is 4.68. The Morgan fingerprint density at radius 3 is 2.61 bits per heavy atom. The van der Waals surface area contributed by atoms with E-state index < -0.39 is 0 Å². The summed E-state index contributed by atoms with van der Waals surface area (Å²) in [4.78, 5) is 0. The van der Waals surface area contributed by atoms with Crippen molar-refractivity contribution in [2.75, 3.05) is 7.11 Å². The van der Waals surface area contributed by atoms with E-state index in [2.05, 4.69) is 10.2 Å². The van der Waals surface area contributed by atoms with Crippen LogP contribution in [0.2, 0.25) is 5.02 Å². The third kappa shape index (κ3) is 4.03. The lowest BCUT2D eigenvalue weighted by molar-refractivity contribution is 0.415. The van der Waals surface area contributed by atoms with Crippen LogP contribution in [0.3, 0.4) is 0 Å². The number of nitrogens with zero attached hydrogens (tertiary/aromatic N) is 2. The van der Waals surface area contributed by atoms with Crippen molar-refractivity contribution in [2.24, 2.45) is 0 Å². The average molecular weight is 343 g/mol. The molecule has 0 aliphatic heterocycles. The van der Waals surface area contributed by atoms with Crippen LogP contribution in [0.15, 0.2) is 65.7 Å². The second-order valence-electron chi connectivity index (χ2n) is 4.87. The van der Waals surface area contributed by atoms with Gasteiger partial charge in [-0.3, -0.25) is 0 Å². The Bertz CT molecular complexity index is 793. The van der Waals surface area contributed by atoms with Crippen LogP contribution < -0.4 is 4.74 Å².